The van der Waals surface area contributed by atoms with Crippen LogP contribution in [0, 0.1) is 10.1 Å². The van der Waals surface area contributed by atoms with E-state index in [9.17, 15) is 10.1 Å². The Hall–Kier alpha value is -0.840. The molecule has 1 rings (SSSR count). The molecule has 1 heterocycles. The predicted octanol–water partition coefficient (Wildman–Crippen LogP) is -0.0549. The fourth-order valence-electron chi connectivity index (χ4n) is 0.898. The number of nitrogens with one attached hydrogen (secondary N) is 1. The zero-order valence-electron chi connectivity index (χ0n) is 5.74. The van der Waals surface area contributed by atoms with E-state index in [1.165, 1.54) is 0 Å². The van der Waals surface area contributed by atoms with Gasteiger partial charge < -0.3 is 4.74 Å². The lowest BCUT2D eigenvalue weighted by Crippen LogP contribution is -2.47. The minimum Gasteiger partial charge on any atom is -0.376 e. The third kappa shape index (κ3) is 1.57. The van der Waals surface area contributed by atoms with Gasteiger partial charge >= 0.3 is 0 Å². The van der Waals surface area contributed by atoms with E-state index in [-0.39, 0.29) is 12.1 Å². The van der Waals surface area contributed by atoms with Gasteiger partial charge in [0.05, 0.1) is 6.10 Å². The monoisotopic (exact) mass is 146 g/mol. The molecule has 0 aromatic rings. The van der Waals surface area contributed by atoms with Crippen molar-refractivity contribution in [2.75, 3.05) is 6.61 Å². The normalized spacial score (nSPS) is 26.7. The lowest BCUT2D eigenvalue weighted by atomic mass is 10.1. The molecule has 1 aliphatic heterocycles. The molecule has 2 unspecified atom stereocenters. The maximum absolute atomic E-state index is 9.89. The van der Waals surface area contributed by atoms with Gasteiger partial charge in [-0.15, -0.1) is 5.43 Å². The van der Waals surface area contributed by atoms with Crippen molar-refractivity contribution >= 4 is 0 Å². The van der Waals surface area contributed by atoms with E-state index in [1.807, 2.05) is 0 Å². The number of hydrogen-bond donors (Lipinski definition) is 1. The average Bonchev–Trinajstić information content (AvgIpc) is 1.55. The van der Waals surface area contributed by atoms with Gasteiger partial charge in [0.25, 0.3) is 0 Å². The van der Waals surface area contributed by atoms with Crippen molar-refractivity contribution in [3.8, 4) is 0 Å². The van der Waals surface area contributed by atoms with Gasteiger partial charge in [0.15, 0.2) is 5.03 Å². The highest BCUT2D eigenvalue weighted by Crippen LogP contribution is 2.14. The second kappa shape index (κ2) is 2.83. The molecule has 5 nitrogen and oxygen atoms in total. The van der Waals surface area contributed by atoms with E-state index < -0.39 is 5.03 Å². The number of nitrogens with zero attached hydrogens (tertiary/aromatic N) is 1. The van der Waals surface area contributed by atoms with Crippen LogP contribution in [-0.4, -0.2) is 23.8 Å². The Bertz CT molecular complexity index is 135. The first kappa shape index (κ1) is 7.27. The largest absolute Gasteiger partial charge is 0.376 e. The lowest BCUT2D eigenvalue weighted by Gasteiger charge is -2.29. The van der Waals surface area contributed by atoms with E-state index >= 15 is 0 Å². The average molecular weight is 146 g/mol. The molecule has 10 heavy (non-hydrogen) atoms. The molecule has 0 spiro atoms. The summed E-state index contributed by atoms with van der Waals surface area (Å²) in [7, 11) is 0. The summed E-state index contributed by atoms with van der Waals surface area (Å²) in [5.74, 6) is 0. The van der Waals surface area contributed by atoms with Crippen LogP contribution in [0.3, 0.4) is 0 Å². The molecule has 1 N–H and O–H groups in total. The summed E-state index contributed by atoms with van der Waals surface area (Å²) in [6.07, 6.45) is 0.951. The molecule has 0 saturated carbocycles. The molecule has 0 aromatic carbocycles. The molecular formula is C5H10N2O3. The molecule has 0 bridgehead atoms. The second-order valence-corrected chi connectivity index (χ2v) is 2.37. The molecule has 0 radical (unpaired) electrons. The van der Waals surface area contributed by atoms with Gasteiger partial charge in [0, 0.05) is 6.61 Å². The molecule has 1 saturated heterocycles. The number of rotatable bonds is 3. The van der Waals surface area contributed by atoms with Crippen molar-refractivity contribution in [2.45, 2.75) is 25.5 Å². The Balaban J connectivity index is 2.19. The minimum absolute atomic E-state index is 0.0328. The summed E-state index contributed by atoms with van der Waals surface area (Å²) in [5.41, 5.74) is 2.14. The molecule has 5 heteroatoms. The van der Waals surface area contributed by atoms with Crippen molar-refractivity contribution < 1.29 is 9.77 Å². The van der Waals surface area contributed by atoms with Gasteiger partial charge in [-0.1, -0.05) is 0 Å². The molecular weight excluding hydrogens is 136 g/mol. The van der Waals surface area contributed by atoms with Gasteiger partial charge in [0.2, 0.25) is 0 Å². The van der Waals surface area contributed by atoms with Crippen LogP contribution < -0.4 is 5.43 Å². The van der Waals surface area contributed by atoms with Crippen LogP contribution in [0.2, 0.25) is 0 Å². The first-order valence-corrected chi connectivity index (χ1v) is 3.22. The van der Waals surface area contributed by atoms with Gasteiger partial charge in [-0.25, -0.2) is 10.1 Å². The van der Waals surface area contributed by atoms with Crippen LogP contribution in [0.1, 0.15) is 13.3 Å². The van der Waals surface area contributed by atoms with Gasteiger partial charge in [-0.05, 0) is 13.3 Å². The Kier molecular flexibility index (Phi) is 2.06. The third-order valence-corrected chi connectivity index (χ3v) is 1.60. The van der Waals surface area contributed by atoms with E-state index in [2.05, 4.69) is 5.43 Å². The van der Waals surface area contributed by atoms with Crippen molar-refractivity contribution in [1.82, 2.24) is 5.43 Å². The van der Waals surface area contributed by atoms with Crippen LogP contribution in [0.25, 0.3) is 0 Å². The molecule has 0 amide bonds. The first-order chi connectivity index (χ1) is 4.70. The molecule has 2 atom stereocenters. The Labute approximate surface area is 58.5 Å². The van der Waals surface area contributed by atoms with Crippen LogP contribution in [0.5, 0.6) is 0 Å². The number of hydrazine groups is 1. The summed E-state index contributed by atoms with van der Waals surface area (Å²) in [5, 5.41) is 9.36. The van der Waals surface area contributed by atoms with Crippen molar-refractivity contribution in [1.29, 1.82) is 0 Å². The highest BCUT2D eigenvalue weighted by Gasteiger charge is 2.27. The zero-order valence-corrected chi connectivity index (χ0v) is 5.74. The fraction of sp³-hybridized carbons (Fsp3) is 1.00. The van der Waals surface area contributed by atoms with Crippen LogP contribution in [0.15, 0.2) is 0 Å². The summed E-state index contributed by atoms with van der Waals surface area (Å²) < 4.78 is 5.03. The minimum atomic E-state index is -0.535. The van der Waals surface area contributed by atoms with E-state index in [4.69, 9.17) is 4.74 Å². The molecule has 1 fully saturated rings. The highest BCUT2D eigenvalue weighted by molar-refractivity contribution is 4.75. The smallest absolute Gasteiger partial charge is 0.157 e. The Morgan fingerprint density at radius 1 is 1.90 bits per heavy atom. The van der Waals surface area contributed by atoms with Gasteiger partial charge in [-0.2, -0.15) is 0 Å². The topological polar surface area (TPSA) is 64.4 Å². The van der Waals surface area contributed by atoms with Crippen LogP contribution >= 0.6 is 0 Å². The summed E-state index contributed by atoms with van der Waals surface area (Å²) in [4.78, 5) is 9.89. The number of hydrogen-bond acceptors (Lipinski definition) is 3. The van der Waals surface area contributed by atoms with Gasteiger partial charge in [-0.3, -0.25) is 0 Å². The SMILES string of the molecule is CC(N[N+](=O)[O-])C1CCO1. The zero-order chi connectivity index (χ0) is 7.56. The Morgan fingerprint density at radius 2 is 2.50 bits per heavy atom. The quantitative estimate of drug-likeness (QED) is 0.447. The predicted molar refractivity (Wildman–Crippen MR) is 33.9 cm³/mol. The Morgan fingerprint density at radius 3 is 2.80 bits per heavy atom. The highest BCUT2D eigenvalue weighted by atomic mass is 16.7. The molecule has 0 aliphatic carbocycles. The van der Waals surface area contributed by atoms with Crippen molar-refractivity contribution in [3.05, 3.63) is 10.1 Å². The van der Waals surface area contributed by atoms with E-state index in [0.717, 1.165) is 13.0 Å². The van der Waals surface area contributed by atoms with Crippen LogP contribution in [-0.2, 0) is 4.74 Å². The molecule has 1 aliphatic rings. The van der Waals surface area contributed by atoms with Crippen molar-refractivity contribution in [3.63, 3.8) is 0 Å². The summed E-state index contributed by atoms with van der Waals surface area (Å²) >= 11 is 0. The molecule has 0 aromatic heterocycles. The standard InChI is InChI=1S/C5H10N2O3/c1-4(6-7(8)9)5-2-3-10-5/h4-6H,2-3H2,1H3. The maximum Gasteiger partial charge on any atom is 0.157 e. The van der Waals surface area contributed by atoms with E-state index in [0.29, 0.717) is 0 Å². The maximum atomic E-state index is 9.89. The van der Waals surface area contributed by atoms with Crippen LogP contribution in [0.4, 0.5) is 0 Å². The van der Waals surface area contributed by atoms with Gasteiger partial charge in [0.1, 0.15) is 6.04 Å². The second-order valence-electron chi connectivity index (χ2n) is 2.37. The summed E-state index contributed by atoms with van der Waals surface area (Å²) in [6, 6.07) is -0.177. The van der Waals surface area contributed by atoms with E-state index in [1.54, 1.807) is 6.92 Å². The summed E-state index contributed by atoms with van der Waals surface area (Å²) in [6.45, 7) is 2.47. The molecule has 58 valence electrons. The number of ether oxygens (including phenoxy) is 1. The first-order valence-electron chi connectivity index (χ1n) is 3.22. The number of nitro groups is 1. The lowest BCUT2D eigenvalue weighted by molar-refractivity contribution is -0.553. The third-order valence-electron chi connectivity index (χ3n) is 1.60. The fourth-order valence-corrected chi connectivity index (χ4v) is 0.898. The van der Waals surface area contributed by atoms with Crippen molar-refractivity contribution in [2.24, 2.45) is 0 Å².